The highest BCUT2D eigenvalue weighted by Gasteiger charge is 2.28. The van der Waals surface area contributed by atoms with Gasteiger partial charge in [0.25, 0.3) is 5.91 Å². The number of benzene rings is 1. The van der Waals surface area contributed by atoms with Crippen molar-refractivity contribution in [2.45, 2.75) is 25.4 Å². The van der Waals surface area contributed by atoms with Crippen LogP contribution in [0.4, 0.5) is 15.2 Å². The highest BCUT2D eigenvalue weighted by molar-refractivity contribution is 7.14. The summed E-state index contributed by atoms with van der Waals surface area (Å²) in [6, 6.07) is 17.2. The average Bonchev–Trinajstić information content (AvgIpc) is 3.55. The van der Waals surface area contributed by atoms with Crippen LogP contribution in [0.3, 0.4) is 0 Å². The summed E-state index contributed by atoms with van der Waals surface area (Å²) in [5.74, 6) is -0.774. The lowest BCUT2D eigenvalue weighted by Crippen LogP contribution is -2.22. The Kier molecular flexibility index (Phi) is 5.68. The molecule has 1 aromatic carbocycles. The molecule has 1 N–H and O–H groups in total. The second kappa shape index (κ2) is 8.92. The molecule has 0 spiro atoms. The van der Waals surface area contributed by atoms with Crippen LogP contribution >= 0.6 is 11.3 Å². The molecule has 0 radical (unpaired) electrons. The molecule has 1 fully saturated rings. The van der Waals surface area contributed by atoms with E-state index in [1.807, 2.05) is 23.6 Å². The fraction of sp³-hybridized carbons (Fsp3) is 0.208. The van der Waals surface area contributed by atoms with Crippen molar-refractivity contribution in [1.29, 1.82) is 0 Å². The normalized spacial score (nSPS) is 15.8. The van der Waals surface area contributed by atoms with E-state index in [0.29, 0.717) is 17.4 Å². The zero-order valence-electron chi connectivity index (χ0n) is 17.3. The summed E-state index contributed by atoms with van der Waals surface area (Å²) in [7, 11) is 0. The lowest BCUT2D eigenvalue weighted by atomic mass is 10.1. The molecule has 5 rings (SSSR count). The summed E-state index contributed by atoms with van der Waals surface area (Å²) in [5.41, 5.74) is 3.40. The van der Waals surface area contributed by atoms with E-state index in [4.69, 9.17) is 4.98 Å². The zero-order chi connectivity index (χ0) is 21.9. The zero-order valence-corrected chi connectivity index (χ0v) is 18.1. The molecule has 1 atom stereocenters. The third-order valence-corrected chi connectivity index (χ3v) is 6.41. The fourth-order valence-electron chi connectivity index (χ4n) is 4.16. The molecule has 1 saturated heterocycles. The van der Waals surface area contributed by atoms with E-state index in [0.717, 1.165) is 30.6 Å². The lowest BCUT2D eigenvalue weighted by Gasteiger charge is -2.25. The van der Waals surface area contributed by atoms with Crippen molar-refractivity contribution in [3.05, 3.63) is 95.3 Å². The Morgan fingerprint density at radius 2 is 2.06 bits per heavy atom. The molecule has 32 heavy (non-hydrogen) atoms. The first kappa shape index (κ1) is 20.4. The first-order valence-electron chi connectivity index (χ1n) is 10.5. The molecule has 1 amide bonds. The van der Waals surface area contributed by atoms with E-state index < -0.39 is 5.95 Å². The summed E-state index contributed by atoms with van der Waals surface area (Å²) in [6.45, 7) is 1.38. The Morgan fingerprint density at radius 3 is 2.91 bits per heavy atom. The van der Waals surface area contributed by atoms with Gasteiger partial charge in [0.05, 0.1) is 11.7 Å². The van der Waals surface area contributed by atoms with Crippen LogP contribution in [0.25, 0.3) is 0 Å². The molecule has 1 unspecified atom stereocenters. The lowest BCUT2D eigenvalue weighted by molar-refractivity contribution is 0.101. The summed E-state index contributed by atoms with van der Waals surface area (Å²) < 4.78 is 15.2. The molecular formula is C24H22FN5OS. The SMILES string of the molecule is O=C(Nc1nc(C2CCCN2c2ccccc2)cs1)c1cccn1Cc1ccnc(F)c1. The second-order valence-electron chi connectivity index (χ2n) is 7.73. The summed E-state index contributed by atoms with van der Waals surface area (Å²) >= 11 is 1.43. The van der Waals surface area contributed by atoms with Crippen molar-refractivity contribution in [1.82, 2.24) is 14.5 Å². The molecule has 3 aromatic heterocycles. The number of hydrogen-bond acceptors (Lipinski definition) is 5. The molecule has 1 aliphatic heterocycles. The molecule has 4 aromatic rings. The Morgan fingerprint density at radius 1 is 1.19 bits per heavy atom. The topological polar surface area (TPSA) is 63.1 Å². The van der Waals surface area contributed by atoms with E-state index in [1.165, 1.54) is 29.3 Å². The van der Waals surface area contributed by atoms with Crippen LogP contribution in [-0.2, 0) is 6.54 Å². The van der Waals surface area contributed by atoms with Crippen molar-refractivity contribution in [3.8, 4) is 0 Å². The standard InChI is InChI=1S/C24H22FN5OS/c25-22-14-17(10-11-26-22)15-29-12-4-9-21(29)23(31)28-24-27-19(16-32-24)20-8-5-13-30(20)18-6-2-1-3-7-18/h1-4,6-7,9-12,14,16,20H,5,8,13,15H2,(H,27,28,31). The van der Waals surface area contributed by atoms with Crippen molar-refractivity contribution >= 4 is 28.1 Å². The van der Waals surface area contributed by atoms with Crippen LogP contribution in [0, 0.1) is 5.95 Å². The quantitative estimate of drug-likeness (QED) is 0.417. The van der Waals surface area contributed by atoms with Gasteiger partial charge >= 0.3 is 0 Å². The maximum Gasteiger partial charge on any atom is 0.274 e. The predicted octanol–water partition coefficient (Wildman–Crippen LogP) is 5.12. The number of nitrogens with one attached hydrogen (secondary N) is 1. The Labute approximate surface area is 189 Å². The van der Waals surface area contributed by atoms with Gasteiger partial charge in [-0.3, -0.25) is 10.1 Å². The smallest absolute Gasteiger partial charge is 0.274 e. The monoisotopic (exact) mass is 447 g/mol. The number of para-hydroxylation sites is 1. The highest BCUT2D eigenvalue weighted by atomic mass is 32.1. The Balaban J connectivity index is 1.29. The van der Waals surface area contributed by atoms with Crippen LogP contribution in [0.5, 0.6) is 0 Å². The molecule has 1 aliphatic rings. The largest absolute Gasteiger partial charge is 0.363 e. The molecule has 0 aliphatic carbocycles. The van der Waals surface area contributed by atoms with Crippen LogP contribution < -0.4 is 10.2 Å². The van der Waals surface area contributed by atoms with Gasteiger partial charge in [-0.05, 0) is 54.8 Å². The van der Waals surface area contributed by atoms with E-state index in [2.05, 4.69) is 27.3 Å². The summed E-state index contributed by atoms with van der Waals surface area (Å²) in [4.78, 5) is 23.6. The Bertz CT molecular complexity index is 1220. The van der Waals surface area contributed by atoms with Gasteiger partial charge in [0.1, 0.15) is 5.69 Å². The third-order valence-electron chi connectivity index (χ3n) is 5.63. The van der Waals surface area contributed by atoms with Gasteiger partial charge in [0, 0.05) is 36.6 Å². The number of aromatic nitrogens is 3. The van der Waals surface area contributed by atoms with Crippen molar-refractivity contribution in [2.24, 2.45) is 0 Å². The molecule has 6 nitrogen and oxygen atoms in total. The van der Waals surface area contributed by atoms with Crippen LogP contribution in [-0.4, -0.2) is 27.0 Å². The maximum absolute atomic E-state index is 13.4. The average molecular weight is 448 g/mol. The molecule has 0 saturated carbocycles. The van der Waals surface area contributed by atoms with Crippen molar-refractivity contribution in [3.63, 3.8) is 0 Å². The minimum absolute atomic E-state index is 0.213. The number of halogens is 1. The number of rotatable bonds is 6. The minimum Gasteiger partial charge on any atom is -0.363 e. The highest BCUT2D eigenvalue weighted by Crippen LogP contribution is 2.37. The number of carbonyl (C=O) groups is 1. The van der Waals surface area contributed by atoms with Crippen molar-refractivity contribution < 1.29 is 9.18 Å². The first-order chi connectivity index (χ1) is 15.7. The van der Waals surface area contributed by atoms with E-state index in [1.54, 1.807) is 29.0 Å². The molecule has 8 heteroatoms. The number of pyridine rings is 1. The number of nitrogens with zero attached hydrogens (tertiary/aromatic N) is 4. The first-order valence-corrected chi connectivity index (χ1v) is 11.4. The number of anilines is 2. The van der Waals surface area contributed by atoms with Gasteiger partial charge in [0.2, 0.25) is 5.95 Å². The third kappa shape index (κ3) is 4.27. The van der Waals surface area contributed by atoms with E-state index in [9.17, 15) is 9.18 Å². The number of thiazole rings is 1. The van der Waals surface area contributed by atoms with Crippen LogP contribution in [0.2, 0.25) is 0 Å². The van der Waals surface area contributed by atoms with Gasteiger partial charge in [-0.2, -0.15) is 4.39 Å². The summed E-state index contributed by atoms with van der Waals surface area (Å²) in [6.07, 6.45) is 5.38. The maximum atomic E-state index is 13.4. The molecular weight excluding hydrogens is 425 g/mol. The van der Waals surface area contributed by atoms with Gasteiger partial charge in [-0.15, -0.1) is 11.3 Å². The number of amides is 1. The van der Waals surface area contributed by atoms with E-state index >= 15 is 0 Å². The van der Waals surface area contributed by atoms with E-state index in [-0.39, 0.29) is 11.9 Å². The van der Waals surface area contributed by atoms with Gasteiger partial charge in [0.15, 0.2) is 5.13 Å². The fourth-order valence-corrected chi connectivity index (χ4v) is 4.91. The van der Waals surface area contributed by atoms with Crippen LogP contribution in [0.15, 0.2) is 72.4 Å². The van der Waals surface area contributed by atoms with Crippen LogP contribution in [0.1, 0.15) is 40.6 Å². The second-order valence-corrected chi connectivity index (χ2v) is 8.58. The van der Waals surface area contributed by atoms with Crippen molar-refractivity contribution in [2.75, 3.05) is 16.8 Å². The number of carbonyl (C=O) groups excluding carboxylic acids is 1. The molecule has 4 heterocycles. The van der Waals surface area contributed by atoms with Gasteiger partial charge in [-0.1, -0.05) is 18.2 Å². The Hall–Kier alpha value is -3.52. The van der Waals surface area contributed by atoms with Gasteiger partial charge in [-0.25, -0.2) is 9.97 Å². The predicted molar refractivity (Wildman–Crippen MR) is 124 cm³/mol. The van der Waals surface area contributed by atoms with Gasteiger partial charge < -0.3 is 9.47 Å². The number of hydrogen-bond donors (Lipinski definition) is 1. The molecule has 162 valence electrons. The molecule has 0 bridgehead atoms. The summed E-state index contributed by atoms with van der Waals surface area (Å²) in [5, 5.41) is 5.53. The minimum atomic E-state index is -0.535.